The minimum absolute atomic E-state index is 0.145. The molecule has 3 N–H and O–H groups in total. The first kappa shape index (κ1) is 22.0. The number of benzene rings is 2. The average molecular weight is 415 g/mol. The van der Waals surface area contributed by atoms with Gasteiger partial charge in [-0.2, -0.15) is 0 Å². The highest BCUT2D eigenvalue weighted by molar-refractivity contribution is 7.90. The molecule has 1 fully saturated rings. The average Bonchev–Trinajstić information content (AvgIpc) is 2.73. The predicted molar refractivity (Wildman–Crippen MR) is 120 cm³/mol. The first-order valence-corrected chi connectivity index (χ1v) is 12.2. The van der Waals surface area contributed by atoms with Crippen molar-refractivity contribution in [2.24, 2.45) is 23.5 Å². The zero-order chi connectivity index (χ0) is 21.0. The molecule has 4 nitrogen and oxygen atoms in total. The molecule has 158 valence electrons. The topological polar surface area (TPSA) is 72.2 Å². The van der Waals surface area contributed by atoms with E-state index >= 15 is 0 Å². The molecule has 0 saturated heterocycles. The number of nitrogens with one attached hydrogen (secondary N) is 1. The lowest BCUT2D eigenvalue weighted by molar-refractivity contribution is 0.235. The summed E-state index contributed by atoms with van der Waals surface area (Å²) in [5.74, 6) is 1.09. The van der Waals surface area contributed by atoms with E-state index in [0.29, 0.717) is 11.8 Å². The lowest BCUT2D eigenvalue weighted by atomic mass is 9.77. The van der Waals surface area contributed by atoms with Gasteiger partial charge in [0.05, 0.1) is 17.3 Å². The molecule has 1 saturated carbocycles. The molecule has 0 radical (unpaired) electrons. The highest BCUT2D eigenvalue weighted by Crippen LogP contribution is 2.38. The molecular weight excluding hydrogens is 380 g/mol. The Kier molecular flexibility index (Phi) is 7.14. The van der Waals surface area contributed by atoms with Gasteiger partial charge in [-0.25, -0.2) is 13.1 Å². The van der Waals surface area contributed by atoms with E-state index in [1.807, 2.05) is 60.7 Å². The SMILES string of the molecule is CC(C)C1CCC(C)C(S(=O)(=O)NC(c2ccccc2)C(N)c2ccccc2)C1. The van der Waals surface area contributed by atoms with E-state index in [-0.39, 0.29) is 11.2 Å². The summed E-state index contributed by atoms with van der Waals surface area (Å²) in [6, 6.07) is 18.4. The fourth-order valence-electron chi connectivity index (χ4n) is 4.49. The monoisotopic (exact) mass is 414 g/mol. The number of rotatable bonds is 7. The maximum Gasteiger partial charge on any atom is 0.215 e. The minimum Gasteiger partial charge on any atom is -0.322 e. The Morgan fingerprint density at radius 1 is 0.931 bits per heavy atom. The van der Waals surface area contributed by atoms with Crippen molar-refractivity contribution in [1.29, 1.82) is 0 Å². The Bertz CT molecular complexity index is 868. The Morgan fingerprint density at radius 2 is 1.48 bits per heavy atom. The number of hydrogen-bond acceptors (Lipinski definition) is 3. The van der Waals surface area contributed by atoms with Crippen LogP contribution in [0.1, 0.15) is 63.2 Å². The number of nitrogens with two attached hydrogens (primary N) is 1. The first-order chi connectivity index (χ1) is 13.8. The molecule has 5 unspecified atom stereocenters. The molecule has 0 heterocycles. The van der Waals surface area contributed by atoms with Gasteiger partial charge >= 0.3 is 0 Å². The van der Waals surface area contributed by atoms with Crippen LogP contribution in [0.25, 0.3) is 0 Å². The highest BCUT2D eigenvalue weighted by atomic mass is 32.2. The van der Waals surface area contributed by atoms with Crippen molar-refractivity contribution < 1.29 is 8.42 Å². The number of hydrogen-bond donors (Lipinski definition) is 2. The molecule has 5 heteroatoms. The Hall–Kier alpha value is -1.69. The lowest BCUT2D eigenvalue weighted by Crippen LogP contribution is -2.45. The maximum absolute atomic E-state index is 13.5. The quantitative estimate of drug-likeness (QED) is 0.683. The van der Waals surface area contributed by atoms with Crippen LogP contribution in [0.15, 0.2) is 60.7 Å². The lowest BCUT2D eigenvalue weighted by Gasteiger charge is -2.37. The molecule has 0 spiro atoms. The summed E-state index contributed by atoms with van der Waals surface area (Å²) >= 11 is 0. The van der Waals surface area contributed by atoms with Crippen LogP contribution in [0, 0.1) is 17.8 Å². The van der Waals surface area contributed by atoms with Gasteiger partial charge < -0.3 is 5.73 Å². The van der Waals surface area contributed by atoms with Gasteiger partial charge in [0, 0.05) is 0 Å². The summed E-state index contributed by atoms with van der Waals surface area (Å²) in [5.41, 5.74) is 8.39. The molecule has 0 aliphatic heterocycles. The van der Waals surface area contributed by atoms with Gasteiger partial charge in [-0.15, -0.1) is 0 Å². The summed E-state index contributed by atoms with van der Waals surface area (Å²) in [6.07, 6.45) is 2.78. The molecule has 0 bridgehead atoms. The summed E-state index contributed by atoms with van der Waals surface area (Å²) in [7, 11) is -3.53. The van der Waals surface area contributed by atoms with Crippen molar-refractivity contribution in [3.8, 4) is 0 Å². The van der Waals surface area contributed by atoms with Crippen LogP contribution < -0.4 is 10.5 Å². The van der Waals surface area contributed by atoms with Crippen LogP contribution in [0.5, 0.6) is 0 Å². The van der Waals surface area contributed by atoms with Crippen molar-refractivity contribution in [3.63, 3.8) is 0 Å². The third kappa shape index (κ3) is 5.27. The summed E-state index contributed by atoms with van der Waals surface area (Å²) in [5, 5.41) is -0.377. The predicted octanol–water partition coefficient (Wildman–Crippen LogP) is 4.81. The molecule has 5 atom stereocenters. The second-order valence-electron chi connectivity index (χ2n) is 8.82. The first-order valence-electron chi connectivity index (χ1n) is 10.7. The maximum atomic E-state index is 13.5. The van der Waals surface area contributed by atoms with Gasteiger partial charge in [0.2, 0.25) is 10.0 Å². The van der Waals surface area contributed by atoms with E-state index in [1.165, 1.54) is 0 Å². The van der Waals surface area contributed by atoms with Crippen molar-refractivity contribution >= 4 is 10.0 Å². The van der Waals surface area contributed by atoms with Crippen LogP contribution in [-0.4, -0.2) is 13.7 Å². The summed E-state index contributed by atoms with van der Waals surface area (Å²) in [6.45, 7) is 6.45. The van der Waals surface area contributed by atoms with Crippen molar-refractivity contribution in [1.82, 2.24) is 4.72 Å². The van der Waals surface area contributed by atoms with Crippen LogP contribution in [0.2, 0.25) is 0 Å². The summed E-state index contributed by atoms with van der Waals surface area (Å²) < 4.78 is 30.0. The van der Waals surface area contributed by atoms with Gasteiger partial charge in [-0.05, 0) is 48.1 Å². The van der Waals surface area contributed by atoms with E-state index in [9.17, 15) is 8.42 Å². The van der Waals surface area contributed by atoms with Crippen LogP contribution in [-0.2, 0) is 10.0 Å². The Labute approximate surface area is 176 Å². The fraction of sp³-hybridized carbons (Fsp3) is 0.500. The molecule has 1 aliphatic carbocycles. The second-order valence-corrected chi connectivity index (χ2v) is 10.8. The molecule has 3 rings (SSSR count). The largest absolute Gasteiger partial charge is 0.322 e. The standard InChI is InChI=1S/C24H34N2O2S/c1-17(2)21-15-14-18(3)22(16-21)29(27,28)26-24(20-12-8-5-9-13-20)23(25)19-10-6-4-7-11-19/h4-13,17-18,21-24,26H,14-16,25H2,1-3H3. The molecule has 1 aliphatic rings. The van der Waals surface area contributed by atoms with E-state index in [2.05, 4.69) is 25.5 Å². The smallest absolute Gasteiger partial charge is 0.215 e. The second kappa shape index (κ2) is 9.41. The van der Waals surface area contributed by atoms with E-state index < -0.39 is 22.1 Å². The van der Waals surface area contributed by atoms with Crippen LogP contribution in [0.3, 0.4) is 0 Å². The Morgan fingerprint density at radius 3 is 2.03 bits per heavy atom. The molecule has 0 amide bonds. The zero-order valence-electron chi connectivity index (χ0n) is 17.7. The third-order valence-electron chi connectivity index (χ3n) is 6.50. The van der Waals surface area contributed by atoms with Crippen molar-refractivity contribution in [2.45, 2.75) is 57.4 Å². The summed E-state index contributed by atoms with van der Waals surface area (Å²) in [4.78, 5) is 0. The minimum atomic E-state index is -3.53. The molecular formula is C24H34N2O2S. The van der Waals surface area contributed by atoms with Gasteiger partial charge in [0.1, 0.15) is 0 Å². The molecule has 2 aromatic rings. The third-order valence-corrected chi connectivity index (χ3v) is 8.53. The van der Waals surface area contributed by atoms with Gasteiger partial charge in [-0.3, -0.25) is 0 Å². The van der Waals surface area contributed by atoms with E-state index in [1.54, 1.807) is 0 Å². The molecule has 29 heavy (non-hydrogen) atoms. The molecule has 2 aromatic carbocycles. The van der Waals surface area contributed by atoms with E-state index in [0.717, 1.165) is 30.4 Å². The van der Waals surface area contributed by atoms with Gasteiger partial charge in [0.25, 0.3) is 0 Å². The van der Waals surface area contributed by atoms with E-state index in [4.69, 9.17) is 5.73 Å². The molecule has 0 aromatic heterocycles. The van der Waals surface area contributed by atoms with Gasteiger partial charge in [0.15, 0.2) is 0 Å². The Balaban J connectivity index is 1.90. The van der Waals surface area contributed by atoms with Gasteiger partial charge in [-0.1, -0.05) is 81.4 Å². The number of sulfonamides is 1. The van der Waals surface area contributed by atoms with Crippen molar-refractivity contribution in [3.05, 3.63) is 71.8 Å². The fourth-order valence-corrected chi connectivity index (χ4v) is 6.55. The van der Waals surface area contributed by atoms with Crippen molar-refractivity contribution in [2.75, 3.05) is 0 Å². The highest BCUT2D eigenvalue weighted by Gasteiger charge is 2.39. The van der Waals surface area contributed by atoms with Crippen LogP contribution in [0.4, 0.5) is 0 Å². The van der Waals surface area contributed by atoms with Crippen LogP contribution >= 0.6 is 0 Å². The zero-order valence-corrected chi connectivity index (χ0v) is 18.5. The normalized spacial score (nSPS) is 24.9.